The van der Waals surface area contributed by atoms with Crippen LogP contribution in [0.2, 0.25) is 0 Å². The fourth-order valence-corrected chi connectivity index (χ4v) is 4.27. The summed E-state index contributed by atoms with van der Waals surface area (Å²) < 4.78 is 0.910. The van der Waals surface area contributed by atoms with Crippen molar-refractivity contribution in [3.05, 3.63) is 68.9 Å². The minimum atomic E-state index is -0.745. The van der Waals surface area contributed by atoms with E-state index in [1.54, 1.807) is 18.2 Å². The first-order valence-electron chi connectivity index (χ1n) is 9.16. The molecule has 1 aromatic heterocycles. The minimum Gasteiger partial charge on any atom is -0.507 e. The van der Waals surface area contributed by atoms with Crippen molar-refractivity contribution in [1.82, 2.24) is 0 Å². The van der Waals surface area contributed by atoms with Crippen molar-refractivity contribution in [2.24, 2.45) is 5.92 Å². The Morgan fingerprint density at radius 3 is 2.67 bits per heavy atom. The molecular weight excluding hydrogens is 424 g/mol. The van der Waals surface area contributed by atoms with Crippen LogP contribution in [0.15, 0.2) is 58.4 Å². The molecular formula is C22H27BrO3S. The summed E-state index contributed by atoms with van der Waals surface area (Å²) in [6.07, 6.45) is 5.31. The van der Waals surface area contributed by atoms with Gasteiger partial charge in [0, 0.05) is 20.8 Å². The second-order valence-corrected chi connectivity index (χ2v) is 8.53. The third kappa shape index (κ3) is 6.32. The first-order chi connectivity index (χ1) is 13.0. The lowest BCUT2D eigenvalue weighted by Gasteiger charge is -2.24. The Hall–Kier alpha value is -1.40. The highest BCUT2D eigenvalue weighted by atomic mass is 79.9. The highest BCUT2D eigenvalue weighted by Crippen LogP contribution is 2.32. The van der Waals surface area contributed by atoms with Crippen molar-refractivity contribution < 1.29 is 15.3 Å². The molecule has 2 aromatic rings. The van der Waals surface area contributed by atoms with Crippen molar-refractivity contribution in [3.8, 4) is 5.75 Å². The summed E-state index contributed by atoms with van der Waals surface area (Å²) in [5.41, 5.74) is 1.93. The Labute approximate surface area is 173 Å². The number of hydrogen-bond donors (Lipinski definition) is 3. The molecule has 0 amide bonds. The van der Waals surface area contributed by atoms with Gasteiger partial charge in [-0.3, -0.25) is 0 Å². The average molecular weight is 451 g/mol. The maximum atomic E-state index is 10.6. The zero-order valence-electron chi connectivity index (χ0n) is 15.5. The standard InChI is InChI=1S/C22H27BrO3S/c1-3-6-15(13-16-14-17(23)9-11-19(16)24)8-10-20(25)18(4-2)22(26)21-7-5-12-27-21/h4-5,7,9,11-14,18,20,22,24-26H,2-3,6,8,10H2,1H3/b15-13+/t18-,20-,22+/m1/s1. The van der Waals surface area contributed by atoms with Crippen LogP contribution in [0.25, 0.3) is 6.08 Å². The molecule has 1 heterocycles. The predicted octanol–water partition coefficient (Wildman–Crippen LogP) is 6.08. The molecule has 27 heavy (non-hydrogen) atoms. The Kier molecular flexibility index (Phi) is 8.77. The van der Waals surface area contributed by atoms with Gasteiger partial charge < -0.3 is 15.3 Å². The lowest BCUT2D eigenvalue weighted by molar-refractivity contribution is 0.0336. The van der Waals surface area contributed by atoms with Gasteiger partial charge in [-0.15, -0.1) is 17.9 Å². The molecule has 1 aromatic carbocycles. The molecule has 0 saturated heterocycles. The second-order valence-electron chi connectivity index (χ2n) is 6.64. The molecule has 0 saturated carbocycles. The topological polar surface area (TPSA) is 60.7 Å². The number of aliphatic hydroxyl groups is 2. The summed E-state index contributed by atoms with van der Waals surface area (Å²) in [5.74, 6) is -0.171. The van der Waals surface area contributed by atoms with E-state index in [4.69, 9.17) is 0 Å². The number of rotatable bonds is 10. The molecule has 0 unspecified atom stereocenters. The van der Waals surface area contributed by atoms with Gasteiger partial charge in [-0.25, -0.2) is 0 Å². The van der Waals surface area contributed by atoms with Crippen LogP contribution in [0, 0.1) is 5.92 Å². The van der Waals surface area contributed by atoms with E-state index in [0.717, 1.165) is 27.8 Å². The van der Waals surface area contributed by atoms with Crippen LogP contribution in [-0.2, 0) is 0 Å². The summed E-state index contributed by atoms with van der Waals surface area (Å²) >= 11 is 4.91. The lowest BCUT2D eigenvalue weighted by atomic mass is 9.90. The van der Waals surface area contributed by atoms with Gasteiger partial charge in [-0.2, -0.15) is 0 Å². The van der Waals surface area contributed by atoms with Crippen molar-refractivity contribution in [3.63, 3.8) is 0 Å². The van der Waals surface area contributed by atoms with Crippen LogP contribution < -0.4 is 0 Å². The summed E-state index contributed by atoms with van der Waals surface area (Å²) in [7, 11) is 0. The van der Waals surface area contributed by atoms with E-state index in [1.807, 2.05) is 29.7 Å². The van der Waals surface area contributed by atoms with E-state index in [-0.39, 0.29) is 5.75 Å². The molecule has 3 nitrogen and oxygen atoms in total. The number of benzene rings is 1. The van der Waals surface area contributed by atoms with Gasteiger partial charge in [-0.1, -0.05) is 53.1 Å². The van der Waals surface area contributed by atoms with Gasteiger partial charge in [0.1, 0.15) is 5.75 Å². The predicted molar refractivity (Wildman–Crippen MR) is 117 cm³/mol. The van der Waals surface area contributed by atoms with Crippen LogP contribution in [0.1, 0.15) is 49.2 Å². The van der Waals surface area contributed by atoms with Gasteiger partial charge in [0.15, 0.2) is 0 Å². The summed E-state index contributed by atoms with van der Waals surface area (Å²) in [6, 6.07) is 9.11. The smallest absolute Gasteiger partial charge is 0.122 e. The molecule has 146 valence electrons. The van der Waals surface area contributed by atoms with E-state index in [1.165, 1.54) is 16.9 Å². The van der Waals surface area contributed by atoms with E-state index >= 15 is 0 Å². The van der Waals surface area contributed by atoms with Crippen molar-refractivity contribution >= 4 is 33.3 Å². The third-order valence-corrected chi connectivity index (χ3v) is 6.03. The lowest BCUT2D eigenvalue weighted by Crippen LogP contribution is -2.24. The summed E-state index contributed by atoms with van der Waals surface area (Å²) in [4.78, 5) is 0.835. The Morgan fingerprint density at radius 1 is 1.26 bits per heavy atom. The highest BCUT2D eigenvalue weighted by molar-refractivity contribution is 9.10. The molecule has 0 aliphatic carbocycles. The number of aromatic hydroxyl groups is 1. The number of thiophene rings is 1. The Balaban J connectivity index is 2.08. The molecule has 0 aliphatic rings. The molecule has 0 radical (unpaired) electrons. The van der Waals surface area contributed by atoms with Gasteiger partial charge in [-0.05, 0) is 48.9 Å². The number of phenols is 1. The maximum absolute atomic E-state index is 10.6. The first kappa shape index (κ1) is 21.9. The number of hydrogen-bond acceptors (Lipinski definition) is 4. The van der Waals surface area contributed by atoms with E-state index in [0.29, 0.717) is 12.8 Å². The quantitative estimate of drug-likeness (QED) is 0.384. The van der Waals surface area contributed by atoms with Crippen LogP contribution in [0.4, 0.5) is 0 Å². The second kappa shape index (κ2) is 10.8. The largest absolute Gasteiger partial charge is 0.507 e. The molecule has 0 aliphatic heterocycles. The first-order valence-corrected chi connectivity index (χ1v) is 10.8. The zero-order chi connectivity index (χ0) is 19.8. The van der Waals surface area contributed by atoms with Gasteiger partial charge in [0.25, 0.3) is 0 Å². The van der Waals surface area contributed by atoms with E-state index in [2.05, 4.69) is 29.4 Å². The Bertz CT molecular complexity index is 755. The van der Waals surface area contributed by atoms with Crippen molar-refractivity contribution in [1.29, 1.82) is 0 Å². The zero-order valence-corrected chi connectivity index (χ0v) is 17.9. The van der Waals surface area contributed by atoms with Crippen molar-refractivity contribution in [2.75, 3.05) is 0 Å². The van der Waals surface area contributed by atoms with Gasteiger partial charge in [0.2, 0.25) is 0 Å². The van der Waals surface area contributed by atoms with Crippen LogP contribution in [-0.4, -0.2) is 21.4 Å². The number of aliphatic hydroxyl groups excluding tert-OH is 2. The molecule has 5 heteroatoms. The molecule has 3 atom stereocenters. The molecule has 0 spiro atoms. The number of halogens is 1. The third-order valence-electron chi connectivity index (χ3n) is 4.60. The normalized spacial score (nSPS) is 15.3. The monoisotopic (exact) mass is 450 g/mol. The van der Waals surface area contributed by atoms with Gasteiger partial charge in [0.05, 0.1) is 12.2 Å². The summed E-state index contributed by atoms with van der Waals surface area (Å²) in [5, 5.41) is 33.2. The minimum absolute atomic E-state index is 0.240. The number of allylic oxidation sites excluding steroid dienone is 1. The average Bonchev–Trinajstić information content (AvgIpc) is 3.18. The van der Waals surface area contributed by atoms with E-state index in [9.17, 15) is 15.3 Å². The fourth-order valence-electron chi connectivity index (χ4n) is 3.12. The van der Waals surface area contributed by atoms with Crippen molar-refractivity contribution in [2.45, 2.75) is 44.8 Å². The van der Waals surface area contributed by atoms with Gasteiger partial charge >= 0.3 is 0 Å². The molecule has 2 rings (SSSR count). The number of phenolic OH excluding ortho intramolecular Hbond substituents is 1. The SMILES string of the molecule is C=C[C@H]([C@H](O)CC/C(=C/c1cc(Br)ccc1O)CCC)[C@H](O)c1cccs1. The van der Waals surface area contributed by atoms with Crippen LogP contribution in [0.3, 0.4) is 0 Å². The highest BCUT2D eigenvalue weighted by Gasteiger charge is 2.26. The summed E-state index contributed by atoms with van der Waals surface area (Å²) in [6.45, 7) is 5.91. The van der Waals surface area contributed by atoms with Crippen LogP contribution in [0.5, 0.6) is 5.75 Å². The van der Waals surface area contributed by atoms with E-state index < -0.39 is 18.1 Å². The molecule has 0 bridgehead atoms. The Morgan fingerprint density at radius 2 is 2.04 bits per heavy atom. The molecule has 0 fully saturated rings. The van der Waals surface area contributed by atoms with Crippen LogP contribution >= 0.6 is 27.3 Å². The molecule has 3 N–H and O–H groups in total. The fraction of sp³-hybridized carbons (Fsp3) is 0.364. The maximum Gasteiger partial charge on any atom is 0.122 e.